The van der Waals surface area contributed by atoms with Gasteiger partial charge in [0.25, 0.3) is 0 Å². The first-order valence-electron chi connectivity index (χ1n) is 6.29. The molecule has 1 unspecified atom stereocenters. The van der Waals surface area contributed by atoms with Crippen molar-refractivity contribution in [3.8, 4) is 0 Å². The number of aryl methyl sites for hydroxylation is 2. The van der Waals surface area contributed by atoms with Crippen LogP contribution in [-0.2, 0) is 7.05 Å². The minimum absolute atomic E-state index is 0.136. The van der Waals surface area contributed by atoms with Crippen molar-refractivity contribution >= 4 is 11.6 Å². The third-order valence-electron chi connectivity index (χ3n) is 3.41. The molecule has 0 saturated carbocycles. The van der Waals surface area contributed by atoms with E-state index in [-0.39, 0.29) is 6.04 Å². The number of rotatable bonds is 2. The summed E-state index contributed by atoms with van der Waals surface area (Å²) in [5.74, 6) is 0.567. The summed E-state index contributed by atoms with van der Waals surface area (Å²) in [6, 6.07) is 8.46. The predicted molar refractivity (Wildman–Crippen MR) is 76.1 cm³/mol. The number of hydrogen-bond donors (Lipinski definition) is 1. The molecule has 0 saturated heterocycles. The summed E-state index contributed by atoms with van der Waals surface area (Å²) in [5.41, 5.74) is 9.46. The Morgan fingerprint density at radius 3 is 2.63 bits per heavy atom. The van der Waals surface area contributed by atoms with Gasteiger partial charge in [-0.05, 0) is 19.1 Å². The summed E-state index contributed by atoms with van der Waals surface area (Å²) in [6.45, 7) is 2.75. The fourth-order valence-electron chi connectivity index (χ4n) is 2.38. The number of aromatic nitrogens is 2. The van der Waals surface area contributed by atoms with Gasteiger partial charge in [-0.15, -0.1) is 0 Å². The summed E-state index contributed by atoms with van der Waals surface area (Å²) in [5, 5.41) is 4.23. The molecule has 98 valence electrons. The average molecular weight is 255 g/mol. The molecule has 0 fully saturated rings. The molecule has 0 aliphatic carbocycles. The number of nitrogens with zero attached hydrogens (tertiary/aromatic N) is 4. The van der Waals surface area contributed by atoms with Crippen molar-refractivity contribution in [2.75, 3.05) is 11.4 Å². The van der Waals surface area contributed by atoms with E-state index >= 15 is 0 Å². The molecule has 0 bridgehead atoms. The fraction of sp³-hybridized carbons (Fsp3) is 0.286. The van der Waals surface area contributed by atoms with Gasteiger partial charge in [0.05, 0.1) is 18.8 Å². The Balaban J connectivity index is 1.96. The molecule has 3 rings (SSSR count). The quantitative estimate of drug-likeness (QED) is 0.886. The van der Waals surface area contributed by atoms with Gasteiger partial charge >= 0.3 is 0 Å². The zero-order chi connectivity index (χ0) is 13.4. The van der Waals surface area contributed by atoms with Crippen LogP contribution in [0.3, 0.4) is 0 Å². The number of nitrogens with two attached hydrogens (primary N) is 1. The lowest BCUT2D eigenvalue weighted by Crippen LogP contribution is -2.36. The molecule has 0 amide bonds. The summed E-state index contributed by atoms with van der Waals surface area (Å²) in [7, 11) is 1.92. The summed E-state index contributed by atoms with van der Waals surface area (Å²) in [4.78, 5) is 6.43. The normalized spacial score (nSPS) is 18.7. The summed E-state index contributed by atoms with van der Waals surface area (Å²) < 4.78 is 1.80. The van der Waals surface area contributed by atoms with Crippen LogP contribution in [0.1, 0.15) is 17.2 Å². The van der Waals surface area contributed by atoms with Crippen molar-refractivity contribution in [1.29, 1.82) is 0 Å². The van der Waals surface area contributed by atoms with Crippen molar-refractivity contribution < 1.29 is 0 Å². The van der Waals surface area contributed by atoms with Crippen LogP contribution in [0.25, 0.3) is 0 Å². The van der Waals surface area contributed by atoms with E-state index in [0.717, 1.165) is 11.3 Å². The molecule has 0 radical (unpaired) electrons. The highest BCUT2D eigenvalue weighted by molar-refractivity contribution is 5.97. The largest absolute Gasteiger partial charge is 0.369 e. The van der Waals surface area contributed by atoms with Gasteiger partial charge in [-0.2, -0.15) is 5.10 Å². The molecule has 5 heteroatoms. The highest BCUT2D eigenvalue weighted by atomic mass is 15.3. The van der Waals surface area contributed by atoms with Crippen molar-refractivity contribution in [3.63, 3.8) is 0 Å². The minimum Gasteiger partial charge on any atom is -0.369 e. The maximum atomic E-state index is 6.03. The van der Waals surface area contributed by atoms with Crippen LogP contribution in [0, 0.1) is 6.92 Å². The Labute approximate surface area is 112 Å². The first kappa shape index (κ1) is 11.8. The number of aliphatic imine (C=N–C) groups is 1. The van der Waals surface area contributed by atoms with Crippen molar-refractivity contribution in [3.05, 3.63) is 47.8 Å². The lowest BCUT2D eigenvalue weighted by Gasteiger charge is -2.25. The van der Waals surface area contributed by atoms with Crippen molar-refractivity contribution in [2.45, 2.75) is 13.0 Å². The minimum atomic E-state index is 0.136. The van der Waals surface area contributed by atoms with Crippen molar-refractivity contribution in [1.82, 2.24) is 9.78 Å². The Hall–Kier alpha value is -2.30. The lowest BCUT2D eigenvalue weighted by molar-refractivity contribution is 0.752. The number of anilines is 1. The smallest absolute Gasteiger partial charge is 0.196 e. The van der Waals surface area contributed by atoms with E-state index in [2.05, 4.69) is 46.2 Å². The van der Waals surface area contributed by atoms with E-state index in [1.54, 1.807) is 4.68 Å². The van der Waals surface area contributed by atoms with Gasteiger partial charge < -0.3 is 10.6 Å². The fourth-order valence-corrected chi connectivity index (χ4v) is 2.38. The third kappa shape index (κ3) is 2.07. The zero-order valence-corrected chi connectivity index (χ0v) is 11.1. The van der Waals surface area contributed by atoms with Gasteiger partial charge in [0.2, 0.25) is 0 Å². The summed E-state index contributed by atoms with van der Waals surface area (Å²) in [6.07, 6.45) is 3.89. The molecule has 1 aromatic heterocycles. The molecule has 0 spiro atoms. The maximum absolute atomic E-state index is 6.03. The molecule has 1 atom stereocenters. The predicted octanol–water partition coefficient (Wildman–Crippen LogP) is 1.60. The van der Waals surface area contributed by atoms with E-state index in [0.29, 0.717) is 12.5 Å². The van der Waals surface area contributed by atoms with Gasteiger partial charge in [-0.3, -0.25) is 9.67 Å². The van der Waals surface area contributed by atoms with Crippen molar-refractivity contribution in [2.24, 2.45) is 17.8 Å². The van der Waals surface area contributed by atoms with E-state index in [1.807, 2.05) is 19.4 Å². The Kier molecular flexibility index (Phi) is 2.74. The number of hydrogen-bond acceptors (Lipinski definition) is 4. The van der Waals surface area contributed by atoms with Crippen LogP contribution >= 0.6 is 0 Å². The second-order valence-electron chi connectivity index (χ2n) is 4.87. The standard InChI is InChI=1S/C14H17N5/c1-10-3-5-12(6-4-10)19-13(8-16-14(19)15)11-7-17-18(2)9-11/h3-7,9,13H,8H2,1-2H3,(H2,15,16). The van der Waals surface area contributed by atoms with Gasteiger partial charge in [0.1, 0.15) is 0 Å². The molecule has 1 aromatic carbocycles. The van der Waals surface area contributed by atoms with Gasteiger partial charge in [0.15, 0.2) is 5.96 Å². The molecule has 5 nitrogen and oxygen atoms in total. The highest BCUT2D eigenvalue weighted by Gasteiger charge is 2.29. The van der Waals surface area contributed by atoms with Crippen LogP contribution < -0.4 is 10.6 Å². The molecule has 2 N–H and O–H groups in total. The molecule has 1 aliphatic heterocycles. The van der Waals surface area contributed by atoms with E-state index in [1.165, 1.54) is 5.56 Å². The highest BCUT2D eigenvalue weighted by Crippen LogP contribution is 2.30. The Bertz CT molecular complexity index is 611. The van der Waals surface area contributed by atoms with E-state index in [4.69, 9.17) is 5.73 Å². The monoisotopic (exact) mass is 255 g/mol. The topological polar surface area (TPSA) is 59.4 Å². The lowest BCUT2D eigenvalue weighted by atomic mass is 10.1. The number of benzene rings is 1. The van der Waals surface area contributed by atoms with Crippen LogP contribution in [0.2, 0.25) is 0 Å². The van der Waals surface area contributed by atoms with Crippen LogP contribution in [0.4, 0.5) is 5.69 Å². The van der Waals surface area contributed by atoms with Gasteiger partial charge in [-0.1, -0.05) is 17.7 Å². The SMILES string of the molecule is Cc1ccc(N2C(N)=NCC2c2cnn(C)c2)cc1. The molecule has 2 heterocycles. The molecular weight excluding hydrogens is 238 g/mol. The van der Waals surface area contributed by atoms with Gasteiger partial charge in [0, 0.05) is 24.5 Å². The molecule has 2 aromatic rings. The first-order valence-corrected chi connectivity index (χ1v) is 6.29. The van der Waals surface area contributed by atoms with Crippen LogP contribution in [-0.4, -0.2) is 22.3 Å². The second kappa shape index (κ2) is 4.42. The second-order valence-corrected chi connectivity index (χ2v) is 4.87. The molecular formula is C14H17N5. The summed E-state index contributed by atoms with van der Waals surface area (Å²) >= 11 is 0. The maximum Gasteiger partial charge on any atom is 0.196 e. The Morgan fingerprint density at radius 2 is 2.00 bits per heavy atom. The number of guanidine groups is 1. The van der Waals surface area contributed by atoms with E-state index < -0.39 is 0 Å². The Morgan fingerprint density at radius 1 is 1.26 bits per heavy atom. The average Bonchev–Trinajstić information content (AvgIpc) is 2.97. The van der Waals surface area contributed by atoms with Crippen LogP contribution in [0.5, 0.6) is 0 Å². The first-order chi connectivity index (χ1) is 9.15. The molecule has 1 aliphatic rings. The third-order valence-corrected chi connectivity index (χ3v) is 3.41. The van der Waals surface area contributed by atoms with Gasteiger partial charge in [-0.25, -0.2) is 0 Å². The molecule has 19 heavy (non-hydrogen) atoms. The zero-order valence-electron chi connectivity index (χ0n) is 11.1. The van der Waals surface area contributed by atoms with E-state index in [9.17, 15) is 0 Å². The van der Waals surface area contributed by atoms with Crippen LogP contribution in [0.15, 0.2) is 41.7 Å².